The van der Waals surface area contributed by atoms with E-state index in [-0.39, 0.29) is 0 Å². The third-order valence-electron chi connectivity index (χ3n) is 4.92. The fraction of sp³-hybridized carbons (Fsp3) is 0.706. The van der Waals surface area contributed by atoms with Crippen LogP contribution < -0.4 is 10.2 Å². The molecule has 1 aromatic heterocycles. The van der Waals surface area contributed by atoms with Gasteiger partial charge in [-0.2, -0.15) is 0 Å². The first-order valence-electron chi connectivity index (χ1n) is 8.32. The smallest absolute Gasteiger partial charge is 0.128 e. The zero-order valence-corrected chi connectivity index (χ0v) is 12.6. The average Bonchev–Trinajstić information content (AvgIpc) is 2.97. The van der Waals surface area contributed by atoms with Crippen molar-refractivity contribution in [2.24, 2.45) is 5.92 Å². The van der Waals surface area contributed by atoms with Crippen molar-refractivity contribution in [3.8, 4) is 0 Å². The van der Waals surface area contributed by atoms with Gasteiger partial charge < -0.3 is 10.2 Å². The molecule has 0 amide bonds. The van der Waals surface area contributed by atoms with Crippen molar-refractivity contribution in [2.45, 2.75) is 57.9 Å². The van der Waals surface area contributed by atoms with E-state index in [1.54, 1.807) is 0 Å². The Morgan fingerprint density at radius 2 is 2.05 bits per heavy atom. The molecule has 3 nitrogen and oxygen atoms in total. The number of hydrogen-bond acceptors (Lipinski definition) is 3. The number of pyridine rings is 1. The van der Waals surface area contributed by atoms with Gasteiger partial charge in [-0.05, 0) is 56.6 Å². The van der Waals surface area contributed by atoms with Gasteiger partial charge in [-0.1, -0.05) is 13.3 Å². The minimum Gasteiger partial charge on any atom is -0.381 e. The van der Waals surface area contributed by atoms with E-state index in [9.17, 15) is 0 Å². The summed E-state index contributed by atoms with van der Waals surface area (Å²) in [5.74, 6) is 2.07. The molecule has 1 saturated carbocycles. The van der Waals surface area contributed by atoms with Crippen molar-refractivity contribution < 1.29 is 0 Å². The molecule has 0 radical (unpaired) electrons. The van der Waals surface area contributed by atoms with Crippen molar-refractivity contribution in [3.05, 3.63) is 18.3 Å². The molecular weight excluding hydrogens is 246 g/mol. The minimum absolute atomic E-state index is 0.655. The number of rotatable bonds is 4. The number of piperidine rings is 1. The van der Waals surface area contributed by atoms with Gasteiger partial charge in [0.2, 0.25) is 0 Å². The normalized spacial score (nSPS) is 26.8. The summed E-state index contributed by atoms with van der Waals surface area (Å²) in [7, 11) is 0. The van der Waals surface area contributed by atoms with Crippen LogP contribution in [0.4, 0.5) is 11.5 Å². The minimum atomic E-state index is 0.655. The van der Waals surface area contributed by atoms with Crippen LogP contribution in [0.1, 0.15) is 51.9 Å². The standard InChI is InChI=1S/C17H27N3/c1-2-14-6-7-15(12-14)19-16-8-9-17(18-13-16)20-10-4-3-5-11-20/h8-9,13-15,19H,2-7,10-12H2,1H3. The molecule has 20 heavy (non-hydrogen) atoms. The first kappa shape index (κ1) is 13.7. The molecule has 1 aliphatic carbocycles. The third kappa shape index (κ3) is 3.25. The van der Waals surface area contributed by atoms with Gasteiger partial charge >= 0.3 is 0 Å². The molecule has 1 aromatic rings. The lowest BCUT2D eigenvalue weighted by atomic mass is 10.1. The van der Waals surface area contributed by atoms with E-state index >= 15 is 0 Å². The Hall–Kier alpha value is -1.25. The number of nitrogens with one attached hydrogen (secondary N) is 1. The molecule has 2 fully saturated rings. The molecule has 2 atom stereocenters. The van der Waals surface area contributed by atoms with Gasteiger partial charge in [-0.15, -0.1) is 0 Å². The summed E-state index contributed by atoms with van der Waals surface area (Å²) in [6.45, 7) is 4.64. The van der Waals surface area contributed by atoms with E-state index in [1.165, 1.54) is 63.7 Å². The molecule has 2 heterocycles. The molecule has 0 aromatic carbocycles. The highest BCUT2D eigenvalue weighted by atomic mass is 15.2. The van der Waals surface area contributed by atoms with Crippen molar-refractivity contribution in [3.63, 3.8) is 0 Å². The molecule has 1 aliphatic heterocycles. The van der Waals surface area contributed by atoms with Crippen LogP contribution in [-0.2, 0) is 0 Å². The van der Waals surface area contributed by atoms with Crippen LogP contribution in [0.15, 0.2) is 18.3 Å². The van der Waals surface area contributed by atoms with E-state index in [4.69, 9.17) is 0 Å². The lowest BCUT2D eigenvalue weighted by Gasteiger charge is -2.27. The van der Waals surface area contributed by atoms with Gasteiger partial charge in [0.15, 0.2) is 0 Å². The SMILES string of the molecule is CCC1CCC(Nc2ccc(N3CCCCC3)nc2)C1. The number of nitrogens with zero attached hydrogens (tertiary/aromatic N) is 2. The van der Waals surface area contributed by atoms with Crippen LogP contribution in [0.25, 0.3) is 0 Å². The molecule has 1 saturated heterocycles. The summed E-state index contributed by atoms with van der Waals surface area (Å²) >= 11 is 0. The van der Waals surface area contributed by atoms with Crippen molar-refractivity contribution in [2.75, 3.05) is 23.3 Å². The van der Waals surface area contributed by atoms with Gasteiger partial charge in [0.1, 0.15) is 5.82 Å². The Kier molecular flexibility index (Phi) is 4.44. The first-order valence-corrected chi connectivity index (χ1v) is 8.32. The second-order valence-electron chi connectivity index (χ2n) is 6.38. The predicted molar refractivity (Wildman–Crippen MR) is 85.3 cm³/mol. The maximum Gasteiger partial charge on any atom is 0.128 e. The second-order valence-corrected chi connectivity index (χ2v) is 6.38. The van der Waals surface area contributed by atoms with Gasteiger partial charge in [0.05, 0.1) is 11.9 Å². The highest BCUT2D eigenvalue weighted by Gasteiger charge is 2.23. The topological polar surface area (TPSA) is 28.2 Å². The molecular formula is C17H27N3. The summed E-state index contributed by atoms with van der Waals surface area (Å²) in [5.41, 5.74) is 1.19. The van der Waals surface area contributed by atoms with Crippen LogP contribution in [0.3, 0.4) is 0 Å². The van der Waals surface area contributed by atoms with E-state index in [0.29, 0.717) is 6.04 Å². The van der Waals surface area contributed by atoms with Crippen molar-refractivity contribution in [1.29, 1.82) is 0 Å². The van der Waals surface area contributed by atoms with E-state index in [2.05, 4.69) is 34.3 Å². The van der Waals surface area contributed by atoms with Gasteiger partial charge in [-0.25, -0.2) is 4.98 Å². The Bertz CT molecular complexity index is 409. The van der Waals surface area contributed by atoms with Crippen LogP contribution >= 0.6 is 0 Å². The molecule has 110 valence electrons. The zero-order chi connectivity index (χ0) is 13.8. The lowest BCUT2D eigenvalue weighted by Crippen LogP contribution is -2.30. The molecule has 0 bridgehead atoms. The van der Waals surface area contributed by atoms with Crippen LogP contribution in [-0.4, -0.2) is 24.1 Å². The average molecular weight is 273 g/mol. The van der Waals surface area contributed by atoms with Crippen LogP contribution in [0.5, 0.6) is 0 Å². The summed E-state index contributed by atoms with van der Waals surface area (Å²) in [5, 5.41) is 3.65. The second kappa shape index (κ2) is 6.47. The Morgan fingerprint density at radius 3 is 2.70 bits per heavy atom. The molecule has 2 aliphatic rings. The van der Waals surface area contributed by atoms with Crippen molar-refractivity contribution >= 4 is 11.5 Å². The largest absolute Gasteiger partial charge is 0.381 e. The summed E-state index contributed by atoms with van der Waals surface area (Å²) in [6.07, 6.45) is 11.3. The monoisotopic (exact) mass is 273 g/mol. The van der Waals surface area contributed by atoms with Crippen LogP contribution in [0, 0.1) is 5.92 Å². The molecule has 3 rings (SSSR count). The molecule has 1 N–H and O–H groups in total. The van der Waals surface area contributed by atoms with Gasteiger partial charge in [0.25, 0.3) is 0 Å². The fourth-order valence-corrected chi connectivity index (χ4v) is 3.59. The van der Waals surface area contributed by atoms with Gasteiger partial charge in [-0.3, -0.25) is 0 Å². The summed E-state index contributed by atoms with van der Waals surface area (Å²) in [4.78, 5) is 7.06. The number of aromatic nitrogens is 1. The van der Waals surface area contributed by atoms with E-state index in [1.807, 2.05) is 6.20 Å². The highest BCUT2D eigenvalue weighted by Crippen LogP contribution is 2.30. The highest BCUT2D eigenvalue weighted by molar-refractivity contribution is 5.49. The molecule has 2 unspecified atom stereocenters. The molecule has 3 heteroatoms. The Labute approximate surface area is 122 Å². The third-order valence-corrected chi connectivity index (χ3v) is 4.92. The van der Waals surface area contributed by atoms with E-state index in [0.717, 1.165) is 11.7 Å². The van der Waals surface area contributed by atoms with Crippen molar-refractivity contribution in [1.82, 2.24) is 4.98 Å². The zero-order valence-electron chi connectivity index (χ0n) is 12.6. The fourth-order valence-electron chi connectivity index (χ4n) is 3.59. The molecule has 0 spiro atoms. The maximum atomic E-state index is 4.65. The first-order chi connectivity index (χ1) is 9.85. The Balaban J connectivity index is 1.56. The number of anilines is 2. The summed E-state index contributed by atoms with van der Waals surface area (Å²) < 4.78 is 0. The predicted octanol–water partition coefficient (Wildman–Crippen LogP) is 4.06. The van der Waals surface area contributed by atoms with E-state index < -0.39 is 0 Å². The quantitative estimate of drug-likeness (QED) is 0.896. The summed E-state index contributed by atoms with van der Waals surface area (Å²) in [6, 6.07) is 5.04. The maximum absolute atomic E-state index is 4.65. The van der Waals surface area contributed by atoms with Gasteiger partial charge in [0, 0.05) is 19.1 Å². The number of hydrogen-bond donors (Lipinski definition) is 1. The van der Waals surface area contributed by atoms with Crippen LogP contribution in [0.2, 0.25) is 0 Å². The lowest BCUT2D eigenvalue weighted by molar-refractivity contribution is 0.525. The Morgan fingerprint density at radius 1 is 1.20 bits per heavy atom.